The van der Waals surface area contributed by atoms with Crippen LogP contribution in [0.15, 0.2) is 35.3 Å². The number of aliphatic imine (C=N–C) groups is 1. The molecule has 0 unspecified atom stereocenters. The summed E-state index contributed by atoms with van der Waals surface area (Å²) in [5.74, 6) is 4.06. The molecular formula is C23H34IN3O5. The molecule has 0 saturated carbocycles. The molecule has 0 aliphatic carbocycles. The molecule has 1 N–H and O–H groups in total. The lowest BCUT2D eigenvalue weighted by Crippen LogP contribution is -2.38. The van der Waals surface area contributed by atoms with Crippen molar-refractivity contribution >= 4 is 29.9 Å². The highest BCUT2D eigenvalue weighted by Gasteiger charge is 2.16. The van der Waals surface area contributed by atoms with Gasteiger partial charge in [-0.1, -0.05) is 0 Å². The Kier molecular flexibility index (Phi) is 11.8. The summed E-state index contributed by atoms with van der Waals surface area (Å²) in [6.07, 6.45) is 0. The predicted molar refractivity (Wildman–Crippen MR) is 137 cm³/mol. The van der Waals surface area contributed by atoms with E-state index in [0.29, 0.717) is 30.3 Å². The number of benzene rings is 2. The summed E-state index contributed by atoms with van der Waals surface area (Å²) < 4.78 is 27.2. The number of halogens is 1. The van der Waals surface area contributed by atoms with Gasteiger partial charge in [0.2, 0.25) is 5.75 Å². The fourth-order valence-electron chi connectivity index (χ4n) is 3.23. The first-order chi connectivity index (χ1) is 15.0. The van der Waals surface area contributed by atoms with Crippen LogP contribution in [0.5, 0.6) is 28.7 Å². The Bertz CT molecular complexity index is 892. The van der Waals surface area contributed by atoms with Crippen LogP contribution in [-0.2, 0) is 13.1 Å². The van der Waals surface area contributed by atoms with Crippen molar-refractivity contribution in [1.82, 2.24) is 10.2 Å². The molecule has 0 radical (unpaired) electrons. The number of nitrogens with zero attached hydrogens (tertiary/aromatic N) is 2. The van der Waals surface area contributed by atoms with Crippen LogP contribution in [0.25, 0.3) is 0 Å². The van der Waals surface area contributed by atoms with E-state index in [0.717, 1.165) is 35.1 Å². The minimum Gasteiger partial charge on any atom is -0.497 e. The maximum Gasteiger partial charge on any atom is 0.203 e. The normalized spacial score (nSPS) is 10.7. The molecule has 8 nitrogen and oxygen atoms in total. The third-order valence-corrected chi connectivity index (χ3v) is 4.78. The van der Waals surface area contributed by atoms with Gasteiger partial charge in [0.25, 0.3) is 0 Å². The summed E-state index contributed by atoms with van der Waals surface area (Å²) in [5.41, 5.74) is 1.92. The smallest absolute Gasteiger partial charge is 0.203 e. The highest BCUT2D eigenvalue weighted by Crippen LogP contribution is 2.40. The molecule has 0 saturated heterocycles. The summed E-state index contributed by atoms with van der Waals surface area (Å²) in [5, 5.41) is 3.34. The predicted octanol–water partition coefficient (Wildman–Crippen LogP) is 3.95. The third-order valence-electron chi connectivity index (χ3n) is 4.78. The molecule has 32 heavy (non-hydrogen) atoms. The molecule has 2 aromatic carbocycles. The van der Waals surface area contributed by atoms with Gasteiger partial charge in [0, 0.05) is 37.3 Å². The van der Waals surface area contributed by atoms with Gasteiger partial charge >= 0.3 is 0 Å². The summed E-state index contributed by atoms with van der Waals surface area (Å²) in [4.78, 5) is 6.84. The first-order valence-corrected chi connectivity index (χ1v) is 10.0. The molecule has 0 atom stereocenters. The molecular weight excluding hydrogens is 525 g/mol. The number of nitrogens with one attached hydrogen (secondary N) is 1. The molecule has 2 aromatic rings. The molecule has 0 spiro atoms. The number of ether oxygens (including phenoxy) is 5. The van der Waals surface area contributed by atoms with Crippen LogP contribution >= 0.6 is 24.0 Å². The Morgan fingerprint density at radius 1 is 0.844 bits per heavy atom. The molecule has 9 heteroatoms. The molecule has 0 heterocycles. The minimum absolute atomic E-state index is 0. The molecule has 0 bridgehead atoms. The van der Waals surface area contributed by atoms with Crippen molar-refractivity contribution in [3.63, 3.8) is 0 Å². The fourth-order valence-corrected chi connectivity index (χ4v) is 3.23. The zero-order valence-electron chi connectivity index (χ0n) is 19.9. The zero-order valence-corrected chi connectivity index (χ0v) is 22.2. The number of hydrogen-bond acceptors (Lipinski definition) is 6. The first kappa shape index (κ1) is 27.5. The average molecular weight is 559 g/mol. The van der Waals surface area contributed by atoms with Crippen LogP contribution in [-0.4, -0.2) is 60.0 Å². The maximum absolute atomic E-state index is 5.57. The molecule has 0 fully saturated rings. The van der Waals surface area contributed by atoms with Crippen LogP contribution in [0.4, 0.5) is 0 Å². The fraction of sp³-hybridized carbons (Fsp3) is 0.435. The van der Waals surface area contributed by atoms with Crippen LogP contribution < -0.4 is 29.0 Å². The van der Waals surface area contributed by atoms with E-state index in [9.17, 15) is 0 Å². The van der Waals surface area contributed by atoms with Crippen molar-refractivity contribution in [3.05, 3.63) is 41.5 Å². The van der Waals surface area contributed by atoms with E-state index in [4.69, 9.17) is 28.7 Å². The minimum atomic E-state index is 0. The lowest BCUT2D eigenvalue weighted by atomic mass is 10.1. The zero-order chi connectivity index (χ0) is 22.8. The van der Waals surface area contributed by atoms with E-state index >= 15 is 0 Å². The highest BCUT2D eigenvalue weighted by molar-refractivity contribution is 14.0. The van der Waals surface area contributed by atoms with Gasteiger partial charge in [-0.3, -0.25) is 0 Å². The van der Waals surface area contributed by atoms with E-state index in [-0.39, 0.29) is 24.0 Å². The molecule has 0 amide bonds. The lowest BCUT2D eigenvalue weighted by molar-refractivity contribution is 0.322. The Labute approximate surface area is 207 Å². The summed E-state index contributed by atoms with van der Waals surface area (Å²) in [6, 6.07) is 9.58. The number of hydrogen-bond donors (Lipinski definition) is 1. The number of guanidine groups is 1. The van der Waals surface area contributed by atoms with Gasteiger partial charge < -0.3 is 33.9 Å². The van der Waals surface area contributed by atoms with E-state index < -0.39 is 0 Å². The monoisotopic (exact) mass is 559 g/mol. The Morgan fingerprint density at radius 2 is 1.50 bits per heavy atom. The van der Waals surface area contributed by atoms with Crippen molar-refractivity contribution in [3.8, 4) is 28.7 Å². The van der Waals surface area contributed by atoms with Crippen molar-refractivity contribution in [2.24, 2.45) is 4.99 Å². The van der Waals surface area contributed by atoms with Gasteiger partial charge in [-0.05, 0) is 31.2 Å². The first-order valence-electron chi connectivity index (χ1n) is 10.0. The van der Waals surface area contributed by atoms with Gasteiger partial charge in [-0.25, -0.2) is 4.99 Å². The average Bonchev–Trinajstić information content (AvgIpc) is 2.80. The highest BCUT2D eigenvalue weighted by atomic mass is 127. The Hall–Kier alpha value is -2.56. The second-order valence-electron chi connectivity index (χ2n) is 6.70. The van der Waals surface area contributed by atoms with E-state index in [2.05, 4.69) is 5.32 Å². The molecule has 178 valence electrons. The van der Waals surface area contributed by atoms with Gasteiger partial charge in [-0.15, -0.1) is 24.0 Å². The standard InChI is InChI=1S/C23H33N3O5.HI/c1-8-24-23(26(2)15-17-9-11-18(27-3)13-20(17)29-5)25-14-16-10-12-19(28-4)22(31-7)21(16)30-6;/h9-13H,8,14-15H2,1-7H3,(H,24,25);1H. The second kappa shape index (κ2) is 13.8. The van der Waals surface area contributed by atoms with E-state index in [1.54, 1.807) is 35.5 Å². The van der Waals surface area contributed by atoms with Gasteiger partial charge in [0.15, 0.2) is 17.5 Å². The summed E-state index contributed by atoms with van der Waals surface area (Å²) in [7, 11) is 10.1. The van der Waals surface area contributed by atoms with Crippen LogP contribution in [0.3, 0.4) is 0 Å². The van der Waals surface area contributed by atoms with Gasteiger partial charge in [-0.2, -0.15) is 0 Å². The Morgan fingerprint density at radius 3 is 2.06 bits per heavy atom. The molecule has 0 aromatic heterocycles. The summed E-state index contributed by atoms with van der Waals surface area (Å²) >= 11 is 0. The van der Waals surface area contributed by atoms with Crippen LogP contribution in [0, 0.1) is 0 Å². The van der Waals surface area contributed by atoms with E-state index in [1.807, 2.05) is 49.2 Å². The SMILES string of the molecule is CCNC(=NCc1ccc(OC)c(OC)c1OC)N(C)Cc1ccc(OC)cc1OC.I. The quantitative estimate of drug-likeness (QED) is 0.269. The molecule has 0 aliphatic rings. The largest absolute Gasteiger partial charge is 0.497 e. The number of rotatable bonds is 10. The van der Waals surface area contributed by atoms with E-state index in [1.165, 1.54) is 0 Å². The second-order valence-corrected chi connectivity index (χ2v) is 6.70. The lowest BCUT2D eigenvalue weighted by Gasteiger charge is -2.23. The summed E-state index contributed by atoms with van der Waals surface area (Å²) in [6.45, 7) is 3.80. The third kappa shape index (κ3) is 6.72. The maximum atomic E-state index is 5.57. The van der Waals surface area contributed by atoms with Crippen molar-refractivity contribution in [2.75, 3.05) is 49.1 Å². The van der Waals surface area contributed by atoms with Crippen LogP contribution in [0.1, 0.15) is 18.1 Å². The topological polar surface area (TPSA) is 73.8 Å². The molecule has 2 rings (SSSR count). The molecule has 0 aliphatic heterocycles. The van der Waals surface area contributed by atoms with Crippen molar-refractivity contribution in [1.29, 1.82) is 0 Å². The van der Waals surface area contributed by atoms with Gasteiger partial charge in [0.05, 0.1) is 42.1 Å². The number of methoxy groups -OCH3 is 5. The van der Waals surface area contributed by atoms with Crippen molar-refractivity contribution < 1.29 is 23.7 Å². The van der Waals surface area contributed by atoms with Gasteiger partial charge in [0.1, 0.15) is 11.5 Å². The Balaban J connectivity index is 0.00000512. The van der Waals surface area contributed by atoms with Crippen molar-refractivity contribution in [2.45, 2.75) is 20.0 Å². The van der Waals surface area contributed by atoms with Crippen LogP contribution in [0.2, 0.25) is 0 Å².